The van der Waals surface area contributed by atoms with Gasteiger partial charge in [-0.3, -0.25) is 9.59 Å². The number of hydrogen-bond donors (Lipinski definition) is 3. The first-order chi connectivity index (χ1) is 17.6. The van der Waals surface area contributed by atoms with E-state index in [0.29, 0.717) is 37.9 Å². The summed E-state index contributed by atoms with van der Waals surface area (Å²) in [6.07, 6.45) is 4.60. The summed E-state index contributed by atoms with van der Waals surface area (Å²) < 4.78 is 7.07. The van der Waals surface area contributed by atoms with E-state index in [1.165, 1.54) is 0 Å². The number of aryl methyl sites for hydroxylation is 1. The maximum atomic E-state index is 13.1. The lowest BCUT2D eigenvalue weighted by Gasteiger charge is -2.31. The van der Waals surface area contributed by atoms with Crippen LogP contribution >= 0.6 is 0 Å². The van der Waals surface area contributed by atoms with Crippen molar-refractivity contribution >= 4 is 28.8 Å². The monoisotopic (exact) mass is 509 g/mol. The Balaban J connectivity index is 1.50. The van der Waals surface area contributed by atoms with Crippen molar-refractivity contribution in [2.45, 2.75) is 83.4 Å². The van der Waals surface area contributed by atoms with E-state index in [1.807, 2.05) is 41.9 Å². The Morgan fingerprint density at radius 1 is 1.16 bits per heavy atom. The number of nitrogens with one attached hydrogen (secondary N) is 3. The topological polar surface area (TPSA) is 125 Å². The van der Waals surface area contributed by atoms with Crippen molar-refractivity contribution in [3.05, 3.63) is 36.0 Å². The second kappa shape index (κ2) is 12.6. The molecule has 3 amide bonds. The minimum atomic E-state index is -0.620. The highest BCUT2D eigenvalue weighted by atomic mass is 16.6. The highest BCUT2D eigenvalue weighted by Crippen LogP contribution is 2.26. The summed E-state index contributed by atoms with van der Waals surface area (Å²) in [5.74, 6) is -0.768. The predicted octanol–water partition coefficient (Wildman–Crippen LogP) is 4.17. The van der Waals surface area contributed by atoms with Gasteiger partial charge in [0.1, 0.15) is 17.3 Å². The first-order valence-corrected chi connectivity index (χ1v) is 13.1. The molecule has 1 aliphatic carbocycles. The molecule has 37 heavy (non-hydrogen) atoms. The maximum Gasteiger partial charge on any atom is 0.407 e. The van der Waals surface area contributed by atoms with Crippen LogP contribution in [0.3, 0.4) is 0 Å². The van der Waals surface area contributed by atoms with Crippen molar-refractivity contribution < 1.29 is 19.1 Å². The number of aromatic nitrogens is 1. The van der Waals surface area contributed by atoms with Gasteiger partial charge >= 0.3 is 6.09 Å². The molecule has 0 bridgehead atoms. The highest BCUT2D eigenvalue weighted by Gasteiger charge is 2.33. The van der Waals surface area contributed by atoms with Crippen molar-refractivity contribution in [3.8, 4) is 6.07 Å². The van der Waals surface area contributed by atoms with E-state index < -0.39 is 17.7 Å². The molecule has 1 saturated carbocycles. The summed E-state index contributed by atoms with van der Waals surface area (Å²) in [6.45, 7) is 5.85. The summed E-state index contributed by atoms with van der Waals surface area (Å²) in [4.78, 5) is 38.0. The molecule has 9 heteroatoms. The largest absolute Gasteiger partial charge is 0.444 e. The zero-order valence-electron chi connectivity index (χ0n) is 22.3. The molecule has 1 aromatic carbocycles. The van der Waals surface area contributed by atoms with Crippen molar-refractivity contribution in [2.75, 3.05) is 6.54 Å². The second-order valence-corrected chi connectivity index (χ2v) is 10.7. The number of alkyl carbamates (subject to hydrolysis) is 1. The number of unbranched alkanes of at least 4 members (excludes halogenated alkanes) is 1. The third-order valence-electron chi connectivity index (χ3n) is 6.66. The predicted molar refractivity (Wildman–Crippen MR) is 142 cm³/mol. The molecule has 1 aliphatic rings. The zero-order chi connectivity index (χ0) is 27.0. The van der Waals surface area contributed by atoms with E-state index in [2.05, 4.69) is 22.0 Å². The van der Waals surface area contributed by atoms with Gasteiger partial charge in [0.2, 0.25) is 5.91 Å². The highest BCUT2D eigenvalue weighted by molar-refractivity contribution is 5.99. The van der Waals surface area contributed by atoms with E-state index in [4.69, 9.17) is 4.74 Å². The molecule has 0 unspecified atom stereocenters. The van der Waals surface area contributed by atoms with Crippen LogP contribution in [0, 0.1) is 17.2 Å². The number of amides is 3. The fourth-order valence-electron chi connectivity index (χ4n) is 4.79. The van der Waals surface area contributed by atoms with Gasteiger partial charge in [-0.15, -0.1) is 0 Å². The van der Waals surface area contributed by atoms with Gasteiger partial charge in [-0.05, 0) is 65.0 Å². The second-order valence-electron chi connectivity index (χ2n) is 10.7. The molecular weight excluding hydrogens is 470 g/mol. The van der Waals surface area contributed by atoms with E-state index in [1.54, 1.807) is 20.8 Å². The molecular formula is C28H39N5O4. The number of hydrogen-bond acceptors (Lipinski definition) is 5. The fraction of sp³-hybridized carbons (Fsp3) is 0.571. The molecule has 0 saturated heterocycles. The molecule has 1 aromatic heterocycles. The van der Waals surface area contributed by atoms with Crippen molar-refractivity contribution in [3.63, 3.8) is 0 Å². The van der Waals surface area contributed by atoms with E-state index in [-0.39, 0.29) is 23.8 Å². The molecule has 2 aromatic rings. The quantitative estimate of drug-likeness (QED) is 0.438. The summed E-state index contributed by atoms with van der Waals surface area (Å²) in [6, 6.07) is 11.0. The Morgan fingerprint density at radius 3 is 2.59 bits per heavy atom. The molecule has 1 heterocycles. The molecule has 3 rings (SSSR count). The zero-order valence-corrected chi connectivity index (χ0v) is 22.3. The summed E-state index contributed by atoms with van der Waals surface area (Å²) in [5, 5.41) is 19.2. The number of carbonyl (C=O) groups excluding carboxylic acids is 3. The smallest absolute Gasteiger partial charge is 0.407 e. The lowest BCUT2D eigenvalue weighted by molar-refractivity contribution is -0.127. The Morgan fingerprint density at radius 2 is 1.89 bits per heavy atom. The van der Waals surface area contributed by atoms with Crippen LogP contribution in [0.5, 0.6) is 0 Å². The van der Waals surface area contributed by atoms with Crippen LogP contribution in [0.1, 0.15) is 76.2 Å². The molecule has 0 spiro atoms. The number of rotatable bonds is 9. The molecule has 0 radical (unpaired) electrons. The normalized spacial score (nSPS) is 18.5. The van der Waals surface area contributed by atoms with Crippen molar-refractivity contribution in [2.24, 2.45) is 13.0 Å². The first kappa shape index (κ1) is 28.0. The van der Waals surface area contributed by atoms with E-state index in [9.17, 15) is 19.6 Å². The van der Waals surface area contributed by atoms with Crippen LogP contribution in [0.25, 0.3) is 10.9 Å². The standard InChI is InChI=1S/C28H39N5O4/c1-28(2,3)37-27(36)30-16-10-9-12-20(18-29)31-25(34)21-13-6-7-14-22(21)32-26(35)24-17-19-11-5-8-15-23(19)33(24)4/h5,8,11,15,17,20-22H,6-7,9-10,12-14,16H2,1-4H3,(H,30,36)(H,31,34)(H,32,35)/t20-,21+,22-/m0/s1. The molecule has 200 valence electrons. The van der Waals surface area contributed by atoms with Crippen LogP contribution in [-0.2, 0) is 16.6 Å². The van der Waals surface area contributed by atoms with Crippen molar-refractivity contribution in [1.82, 2.24) is 20.5 Å². The van der Waals surface area contributed by atoms with Crippen molar-refractivity contribution in [1.29, 1.82) is 5.26 Å². The average Bonchev–Trinajstić information content (AvgIpc) is 3.19. The van der Waals surface area contributed by atoms with Gasteiger partial charge in [-0.2, -0.15) is 5.26 Å². The number of benzene rings is 1. The molecule has 3 atom stereocenters. The van der Waals surface area contributed by atoms with Gasteiger partial charge in [-0.1, -0.05) is 31.0 Å². The maximum absolute atomic E-state index is 13.1. The molecule has 3 N–H and O–H groups in total. The summed E-state index contributed by atoms with van der Waals surface area (Å²) >= 11 is 0. The van der Waals surface area contributed by atoms with Gasteiger partial charge in [0.05, 0.1) is 12.0 Å². The third kappa shape index (κ3) is 7.97. The number of fused-ring (bicyclic) bond motifs is 1. The number of ether oxygens (including phenoxy) is 1. The number of carbonyl (C=O) groups is 3. The number of para-hydroxylation sites is 1. The van der Waals surface area contributed by atoms with E-state index >= 15 is 0 Å². The Labute approximate surface area is 218 Å². The summed E-state index contributed by atoms with van der Waals surface area (Å²) in [5.41, 5.74) is 0.982. The molecule has 9 nitrogen and oxygen atoms in total. The Bertz CT molecular complexity index is 1140. The fourth-order valence-corrected chi connectivity index (χ4v) is 4.79. The lowest BCUT2D eigenvalue weighted by atomic mass is 9.83. The minimum Gasteiger partial charge on any atom is -0.444 e. The Kier molecular flexibility index (Phi) is 9.56. The number of nitrogens with zero attached hydrogens (tertiary/aromatic N) is 2. The number of nitriles is 1. The summed E-state index contributed by atoms with van der Waals surface area (Å²) in [7, 11) is 1.86. The van der Waals surface area contributed by atoms with Gasteiger partial charge in [0.25, 0.3) is 5.91 Å². The van der Waals surface area contributed by atoms with Gasteiger partial charge in [-0.25, -0.2) is 4.79 Å². The minimum absolute atomic E-state index is 0.194. The van der Waals surface area contributed by atoms with Gasteiger partial charge in [0, 0.05) is 30.5 Å². The average molecular weight is 510 g/mol. The lowest BCUT2D eigenvalue weighted by Crippen LogP contribution is -2.50. The van der Waals surface area contributed by atoms with Crippen LogP contribution < -0.4 is 16.0 Å². The van der Waals surface area contributed by atoms with Crippen LogP contribution in [-0.4, -0.2) is 46.7 Å². The van der Waals surface area contributed by atoms with Crippen LogP contribution in [0.4, 0.5) is 4.79 Å². The molecule has 0 aliphatic heterocycles. The third-order valence-corrected chi connectivity index (χ3v) is 6.66. The van der Waals surface area contributed by atoms with E-state index in [0.717, 1.165) is 30.2 Å². The SMILES string of the molecule is Cn1c(C(=O)N[C@H]2CCCC[C@H]2C(=O)N[C@H](C#N)CCCCNC(=O)OC(C)(C)C)cc2ccccc21. The van der Waals surface area contributed by atoms with Gasteiger partial charge < -0.3 is 25.3 Å². The molecule has 1 fully saturated rings. The van der Waals surface area contributed by atoms with Crippen LogP contribution in [0.2, 0.25) is 0 Å². The first-order valence-electron chi connectivity index (χ1n) is 13.1. The van der Waals surface area contributed by atoms with Gasteiger partial charge in [0.15, 0.2) is 0 Å². The Hall–Kier alpha value is -3.54. The van der Waals surface area contributed by atoms with Crippen LogP contribution in [0.15, 0.2) is 30.3 Å².